The van der Waals surface area contributed by atoms with Crippen LogP contribution in [0.2, 0.25) is 0 Å². The fourth-order valence-corrected chi connectivity index (χ4v) is 2.57. The molecule has 2 fully saturated rings. The Morgan fingerprint density at radius 3 is 2.00 bits per heavy atom. The van der Waals surface area contributed by atoms with Crippen LogP contribution in [0.1, 0.15) is 20.3 Å². The molecule has 0 radical (unpaired) electrons. The molecule has 2 heterocycles. The monoisotopic (exact) mass is 470 g/mol. The topological polar surface area (TPSA) is 59.1 Å². The number of rotatable bonds is 6. The average molecular weight is 472 g/mol. The van der Waals surface area contributed by atoms with Gasteiger partial charge in [0.2, 0.25) is 11.1 Å². The number of hydrogen-bond acceptors (Lipinski definition) is 5. The zero-order chi connectivity index (χ0) is 22.1. The Morgan fingerprint density at radius 1 is 1.10 bits per heavy atom. The molecule has 2 aliphatic rings. The summed E-state index contributed by atoms with van der Waals surface area (Å²) in [5.74, 6) is -0.111. The lowest BCUT2D eigenvalue weighted by Gasteiger charge is -2.30. The van der Waals surface area contributed by atoms with E-state index in [2.05, 4.69) is 11.5 Å². The van der Waals surface area contributed by atoms with Crippen molar-refractivity contribution in [3.8, 4) is 0 Å². The summed E-state index contributed by atoms with van der Waals surface area (Å²) in [4.78, 5) is 25.5. The molecule has 0 spiro atoms. The molecule has 29 heavy (non-hydrogen) atoms. The van der Waals surface area contributed by atoms with Crippen molar-refractivity contribution in [2.45, 2.75) is 25.6 Å². The van der Waals surface area contributed by atoms with E-state index in [9.17, 15) is 9.59 Å². The number of ether oxygens (including phenoxy) is 2. The summed E-state index contributed by atoms with van der Waals surface area (Å²) in [5.41, 5.74) is 1.56. The molecule has 168 valence electrons. The normalized spacial score (nSPS) is 19.3. The molecule has 2 rings (SSSR count). The van der Waals surface area contributed by atoms with Gasteiger partial charge in [0.25, 0.3) is 0 Å². The average Bonchev–Trinajstić information content (AvgIpc) is 2.78. The Morgan fingerprint density at radius 2 is 1.59 bits per heavy atom. The summed E-state index contributed by atoms with van der Waals surface area (Å²) in [6, 6.07) is 0. The van der Waals surface area contributed by atoms with E-state index in [-0.39, 0.29) is 22.4 Å². The van der Waals surface area contributed by atoms with Gasteiger partial charge in [0, 0.05) is 44.7 Å². The van der Waals surface area contributed by atoms with Crippen LogP contribution in [0.5, 0.6) is 0 Å². The van der Waals surface area contributed by atoms with Crippen LogP contribution < -0.4 is 0 Å². The zero-order valence-electron chi connectivity index (χ0n) is 17.3. The van der Waals surface area contributed by atoms with E-state index in [4.69, 9.17) is 44.3 Å². The van der Waals surface area contributed by atoms with E-state index >= 15 is 0 Å². The van der Waals surface area contributed by atoms with Crippen LogP contribution in [0.4, 0.5) is 0 Å². The minimum Gasteiger partial charge on any atom is -0.379 e. The predicted molar refractivity (Wildman–Crippen MR) is 120 cm³/mol. The molecule has 0 saturated carbocycles. The second-order valence-corrected chi connectivity index (χ2v) is 7.57. The standard InChI is InChI=1S/C10H16ClNO2.C7H12ClNO.C3H5ClO/c1-3-9(11)8(2)10(13)12-4-6-14-7-5-12;8-2-1-3-9-4-6-10-7-5-9;1-2-3(4)5/h3,8-9H,1,4-7H2,2H3;1-2H,3-7H2;2H2,1H3/b;2-1+;/t8-,9+;;/m1../s1. The van der Waals surface area contributed by atoms with E-state index in [0.717, 1.165) is 32.8 Å². The van der Waals surface area contributed by atoms with Crippen LogP contribution in [-0.4, -0.2) is 85.5 Å². The number of allylic oxidation sites excluding steroid dienone is 1. The van der Waals surface area contributed by atoms with Gasteiger partial charge in [0.05, 0.1) is 37.7 Å². The van der Waals surface area contributed by atoms with Gasteiger partial charge in [-0.1, -0.05) is 37.6 Å². The Bertz CT molecular complexity index is 494. The Labute approximate surface area is 189 Å². The number of alkyl halides is 1. The number of halogens is 3. The molecule has 0 bridgehead atoms. The third kappa shape index (κ3) is 14.1. The van der Waals surface area contributed by atoms with Gasteiger partial charge in [0.1, 0.15) is 0 Å². The highest BCUT2D eigenvalue weighted by molar-refractivity contribution is 6.63. The van der Waals surface area contributed by atoms with Crippen LogP contribution in [-0.2, 0) is 19.1 Å². The maximum Gasteiger partial charge on any atom is 0.227 e. The van der Waals surface area contributed by atoms with Crippen molar-refractivity contribution < 1.29 is 19.1 Å². The van der Waals surface area contributed by atoms with Crippen molar-refractivity contribution in [2.24, 2.45) is 5.92 Å². The second kappa shape index (κ2) is 18.2. The summed E-state index contributed by atoms with van der Waals surface area (Å²) in [6.07, 6.45) is 3.99. The Kier molecular flexibility index (Phi) is 17.8. The molecule has 0 N–H and O–H groups in total. The van der Waals surface area contributed by atoms with Crippen molar-refractivity contribution in [3.05, 3.63) is 24.3 Å². The molecule has 0 aromatic rings. The van der Waals surface area contributed by atoms with Gasteiger partial charge in [0.15, 0.2) is 0 Å². The summed E-state index contributed by atoms with van der Waals surface area (Å²) in [7, 11) is 0. The summed E-state index contributed by atoms with van der Waals surface area (Å²) < 4.78 is 10.4. The number of hydrogen-bond donors (Lipinski definition) is 0. The van der Waals surface area contributed by atoms with Gasteiger partial charge < -0.3 is 14.4 Å². The lowest BCUT2D eigenvalue weighted by Crippen LogP contribution is -2.44. The van der Waals surface area contributed by atoms with Crippen molar-refractivity contribution in [1.82, 2.24) is 9.80 Å². The van der Waals surface area contributed by atoms with Crippen molar-refractivity contribution in [2.75, 3.05) is 59.2 Å². The van der Waals surface area contributed by atoms with Crippen LogP contribution in [0.25, 0.3) is 0 Å². The molecule has 6 nitrogen and oxygen atoms in total. The zero-order valence-corrected chi connectivity index (χ0v) is 19.6. The molecule has 0 aliphatic carbocycles. The van der Waals surface area contributed by atoms with E-state index in [1.54, 1.807) is 23.4 Å². The lowest BCUT2D eigenvalue weighted by atomic mass is 10.1. The first kappa shape index (κ1) is 28.4. The minimum absolute atomic E-state index is 0.0909. The first-order valence-electron chi connectivity index (χ1n) is 9.74. The number of carbonyl (C=O) groups excluding carboxylic acids is 2. The number of morpholine rings is 2. The number of amides is 1. The van der Waals surface area contributed by atoms with E-state index in [0.29, 0.717) is 32.7 Å². The molecule has 0 aromatic heterocycles. The second-order valence-electron chi connectivity index (χ2n) is 6.39. The maximum absolute atomic E-state index is 11.8. The van der Waals surface area contributed by atoms with Crippen LogP contribution in [0, 0.1) is 5.92 Å². The van der Waals surface area contributed by atoms with Gasteiger partial charge in [-0.15, -0.1) is 18.2 Å². The molecular formula is C20H33Cl3N2O4. The van der Waals surface area contributed by atoms with Gasteiger partial charge in [-0.2, -0.15) is 0 Å². The fraction of sp³-hybridized carbons (Fsp3) is 0.700. The van der Waals surface area contributed by atoms with Crippen LogP contribution in [0.15, 0.2) is 24.3 Å². The highest BCUT2D eigenvalue weighted by Gasteiger charge is 2.26. The lowest BCUT2D eigenvalue weighted by molar-refractivity contribution is -0.138. The summed E-state index contributed by atoms with van der Waals surface area (Å²) in [5, 5.41) is -0.560. The van der Waals surface area contributed by atoms with E-state index in [1.807, 2.05) is 13.0 Å². The van der Waals surface area contributed by atoms with Crippen molar-refractivity contribution >= 4 is 46.0 Å². The van der Waals surface area contributed by atoms with Gasteiger partial charge in [-0.3, -0.25) is 14.5 Å². The van der Waals surface area contributed by atoms with Gasteiger partial charge in [-0.25, -0.2) is 0 Å². The minimum atomic E-state index is -0.287. The molecule has 2 atom stereocenters. The van der Waals surface area contributed by atoms with Gasteiger partial charge >= 0.3 is 0 Å². The molecule has 1 amide bonds. The summed E-state index contributed by atoms with van der Waals surface area (Å²) >= 11 is 16.1. The molecule has 2 aliphatic heterocycles. The first-order valence-corrected chi connectivity index (χ1v) is 11.0. The first-order chi connectivity index (χ1) is 13.9. The number of carbonyl (C=O) groups is 2. The van der Waals surface area contributed by atoms with Crippen LogP contribution >= 0.6 is 34.8 Å². The maximum atomic E-state index is 11.8. The molecule has 0 unspecified atom stereocenters. The quantitative estimate of drug-likeness (QED) is 0.337. The van der Waals surface area contributed by atoms with E-state index in [1.165, 1.54) is 0 Å². The Hall–Kier alpha value is -0.630. The third-order valence-corrected chi connectivity index (χ3v) is 5.25. The highest BCUT2D eigenvalue weighted by atomic mass is 35.5. The SMILES string of the molecule is C=C[C@H](Cl)[C@@H](C)C(=O)N1CCOCC1.CCC(=O)Cl.Cl/C=C/CN1CCOCC1. The molecule has 9 heteroatoms. The van der Waals surface area contributed by atoms with Crippen molar-refractivity contribution in [1.29, 1.82) is 0 Å². The smallest absolute Gasteiger partial charge is 0.227 e. The predicted octanol–water partition coefficient (Wildman–Crippen LogP) is 3.51. The highest BCUT2D eigenvalue weighted by Crippen LogP contribution is 2.15. The number of nitrogens with zero attached hydrogens (tertiary/aromatic N) is 2. The van der Waals surface area contributed by atoms with E-state index < -0.39 is 0 Å². The fourth-order valence-electron chi connectivity index (χ4n) is 2.38. The largest absolute Gasteiger partial charge is 0.379 e. The third-order valence-electron chi connectivity index (χ3n) is 4.25. The Balaban J connectivity index is 0.000000455. The molecular weight excluding hydrogens is 439 g/mol. The van der Waals surface area contributed by atoms with Crippen molar-refractivity contribution in [3.63, 3.8) is 0 Å². The van der Waals surface area contributed by atoms with Gasteiger partial charge in [-0.05, 0) is 11.6 Å². The molecule has 0 aromatic carbocycles. The van der Waals surface area contributed by atoms with Crippen LogP contribution in [0.3, 0.4) is 0 Å². The molecule has 2 saturated heterocycles. The summed E-state index contributed by atoms with van der Waals surface area (Å²) in [6.45, 7) is 14.4.